The maximum Gasteiger partial charge on any atom is 0.163 e. The normalized spacial score (nSPS) is 9.81. The zero-order valence-corrected chi connectivity index (χ0v) is 10.9. The average Bonchev–Trinajstić information content (AvgIpc) is 3.03. The predicted molar refractivity (Wildman–Crippen MR) is 76.7 cm³/mol. The van der Waals surface area contributed by atoms with Crippen molar-refractivity contribution in [2.24, 2.45) is 0 Å². The molecule has 2 aromatic carbocycles. The number of benzene rings is 2. The third kappa shape index (κ3) is 2.36. The first-order valence-corrected chi connectivity index (χ1v) is 6.24. The van der Waals surface area contributed by atoms with Crippen molar-refractivity contribution in [2.45, 2.75) is 0 Å². The fourth-order valence-electron chi connectivity index (χ4n) is 2.10. The first kappa shape index (κ1) is 12.6. The summed E-state index contributed by atoms with van der Waals surface area (Å²) in [6, 6.07) is 19.2. The van der Waals surface area contributed by atoms with Crippen LogP contribution >= 0.6 is 0 Å². The summed E-state index contributed by atoms with van der Waals surface area (Å²) in [6.45, 7) is 0. The van der Waals surface area contributed by atoms with Crippen LogP contribution < -0.4 is 0 Å². The molecule has 98 valence electrons. The number of nitrogens with zero attached hydrogens (tertiary/aromatic N) is 4. The Hall–Kier alpha value is -3.44. The minimum absolute atomic E-state index is 0.342. The molecule has 3 aromatic rings. The first-order valence-electron chi connectivity index (χ1n) is 6.24. The van der Waals surface area contributed by atoms with E-state index in [1.54, 1.807) is 6.07 Å². The fourth-order valence-corrected chi connectivity index (χ4v) is 2.10. The van der Waals surface area contributed by atoms with Gasteiger partial charge in [0.15, 0.2) is 5.69 Å². The van der Waals surface area contributed by atoms with Crippen LogP contribution in [0.3, 0.4) is 0 Å². The molecule has 0 radical (unpaired) electrons. The van der Waals surface area contributed by atoms with Gasteiger partial charge in [-0.1, -0.05) is 41.6 Å². The molecule has 1 aromatic heterocycles. The van der Waals surface area contributed by atoms with Crippen LogP contribution in [-0.2, 0) is 0 Å². The van der Waals surface area contributed by atoms with Gasteiger partial charge in [-0.15, -0.1) is 5.10 Å². The Balaban J connectivity index is 1.98. The number of rotatable bonds is 2. The Bertz CT molecular complexity index is 863. The lowest BCUT2D eigenvalue weighted by Gasteiger charge is -2.03. The van der Waals surface area contributed by atoms with Crippen molar-refractivity contribution in [2.75, 3.05) is 0 Å². The van der Waals surface area contributed by atoms with E-state index in [1.165, 1.54) is 0 Å². The SMILES string of the molecule is N#Cc1cccc(-c2ccc(-c3nn[nH]c3C#N)cc2)c1. The molecule has 21 heavy (non-hydrogen) atoms. The summed E-state index contributed by atoms with van der Waals surface area (Å²) in [6.07, 6.45) is 0. The standard InChI is InChI=1S/C16H9N5/c17-9-11-2-1-3-14(8-11)12-4-6-13(7-5-12)16-15(10-18)19-21-20-16/h1-8H,(H,19,20,21). The molecular weight excluding hydrogens is 262 g/mol. The number of hydrogen-bond acceptors (Lipinski definition) is 4. The minimum atomic E-state index is 0.342. The summed E-state index contributed by atoms with van der Waals surface area (Å²) < 4.78 is 0. The van der Waals surface area contributed by atoms with Crippen molar-refractivity contribution in [1.82, 2.24) is 15.4 Å². The van der Waals surface area contributed by atoms with Crippen LogP contribution in [0.4, 0.5) is 0 Å². The Morgan fingerprint density at radius 2 is 1.62 bits per heavy atom. The van der Waals surface area contributed by atoms with Gasteiger partial charge >= 0.3 is 0 Å². The van der Waals surface area contributed by atoms with Crippen LogP contribution in [0.15, 0.2) is 48.5 Å². The molecule has 0 amide bonds. The van der Waals surface area contributed by atoms with Crippen molar-refractivity contribution in [3.05, 3.63) is 59.8 Å². The Morgan fingerprint density at radius 1 is 0.857 bits per heavy atom. The van der Waals surface area contributed by atoms with Crippen LogP contribution in [0.5, 0.6) is 0 Å². The number of nitriles is 2. The molecule has 5 heteroatoms. The second kappa shape index (κ2) is 5.28. The van der Waals surface area contributed by atoms with Gasteiger partial charge in [-0.2, -0.15) is 10.5 Å². The van der Waals surface area contributed by atoms with Gasteiger partial charge in [0.25, 0.3) is 0 Å². The second-order valence-electron chi connectivity index (χ2n) is 4.42. The largest absolute Gasteiger partial charge is 0.247 e. The van der Waals surface area contributed by atoms with Gasteiger partial charge in [0.05, 0.1) is 11.6 Å². The quantitative estimate of drug-likeness (QED) is 0.776. The van der Waals surface area contributed by atoms with E-state index in [-0.39, 0.29) is 0 Å². The van der Waals surface area contributed by atoms with Crippen molar-refractivity contribution in [3.8, 4) is 34.5 Å². The number of H-pyrrole nitrogens is 1. The van der Waals surface area contributed by atoms with Gasteiger partial charge in [-0.05, 0) is 23.3 Å². The van der Waals surface area contributed by atoms with Crippen molar-refractivity contribution in [3.63, 3.8) is 0 Å². The van der Waals surface area contributed by atoms with Gasteiger partial charge in [0, 0.05) is 5.56 Å². The van der Waals surface area contributed by atoms with Gasteiger partial charge in [0.1, 0.15) is 11.8 Å². The molecule has 0 bridgehead atoms. The molecule has 3 rings (SSSR count). The molecule has 0 saturated heterocycles. The fraction of sp³-hybridized carbons (Fsp3) is 0. The van der Waals surface area contributed by atoms with Crippen molar-refractivity contribution >= 4 is 0 Å². The van der Waals surface area contributed by atoms with E-state index in [0.717, 1.165) is 16.7 Å². The van der Waals surface area contributed by atoms with Crippen molar-refractivity contribution < 1.29 is 0 Å². The van der Waals surface area contributed by atoms with E-state index < -0.39 is 0 Å². The summed E-state index contributed by atoms with van der Waals surface area (Å²) in [4.78, 5) is 0. The van der Waals surface area contributed by atoms with E-state index in [1.807, 2.05) is 48.5 Å². The van der Waals surface area contributed by atoms with E-state index in [4.69, 9.17) is 10.5 Å². The molecule has 0 spiro atoms. The number of aromatic nitrogens is 3. The Morgan fingerprint density at radius 3 is 2.33 bits per heavy atom. The zero-order valence-electron chi connectivity index (χ0n) is 10.9. The highest BCUT2D eigenvalue weighted by atomic mass is 15.3. The lowest BCUT2D eigenvalue weighted by atomic mass is 10.0. The molecule has 0 aliphatic heterocycles. The highest BCUT2D eigenvalue weighted by molar-refractivity contribution is 5.71. The second-order valence-corrected chi connectivity index (χ2v) is 4.42. The molecule has 0 unspecified atom stereocenters. The Kier molecular flexibility index (Phi) is 3.16. The van der Waals surface area contributed by atoms with Crippen molar-refractivity contribution in [1.29, 1.82) is 10.5 Å². The first-order chi connectivity index (χ1) is 10.3. The predicted octanol–water partition coefficient (Wildman–Crippen LogP) is 2.88. The van der Waals surface area contributed by atoms with Crippen LogP contribution in [0.1, 0.15) is 11.3 Å². The molecule has 0 fully saturated rings. The maximum absolute atomic E-state index is 8.97. The Labute approximate surface area is 121 Å². The summed E-state index contributed by atoms with van der Waals surface area (Å²) >= 11 is 0. The third-order valence-corrected chi connectivity index (χ3v) is 3.14. The highest BCUT2D eigenvalue weighted by Crippen LogP contribution is 2.25. The topological polar surface area (TPSA) is 89.2 Å². The monoisotopic (exact) mass is 271 g/mol. The molecule has 1 heterocycles. The molecular formula is C16H9N5. The molecule has 1 N–H and O–H groups in total. The maximum atomic E-state index is 8.97. The summed E-state index contributed by atoms with van der Waals surface area (Å²) in [5.74, 6) is 0. The van der Waals surface area contributed by atoms with Crippen LogP contribution in [0.25, 0.3) is 22.4 Å². The summed E-state index contributed by atoms with van der Waals surface area (Å²) in [5.41, 5.74) is 4.29. The van der Waals surface area contributed by atoms with Gasteiger partial charge < -0.3 is 0 Å². The lowest BCUT2D eigenvalue weighted by molar-refractivity contribution is 0.937. The van der Waals surface area contributed by atoms with Crippen LogP contribution in [0, 0.1) is 22.7 Å². The molecule has 0 atom stereocenters. The van der Waals surface area contributed by atoms with Crippen LogP contribution in [0.2, 0.25) is 0 Å². The number of hydrogen-bond donors (Lipinski definition) is 1. The van der Waals surface area contributed by atoms with Gasteiger partial charge in [-0.3, -0.25) is 0 Å². The highest BCUT2D eigenvalue weighted by Gasteiger charge is 2.09. The van der Waals surface area contributed by atoms with E-state index in [9.17, 15) is 0 Å². The summed E-state index contributed by atoms with van der Waals surface area (Å²) in [5, 5.41) is 28.0. The van der Waals surface area contributed by atoms with E-state index >= 15 is 0 Å². The molecule has 0 aliphatic carbocycles. The van der Waals surface area contributed by atoms with Gasteiger partial charge in [0.2, 0.25) is 0 Å². The molecule has 0 saturated carbocycles. The molecule has 0 aliphatic rings. The smallest absolute Gasteiger partial charge is 0.163 e. The van der Waals surface area contributed by atoms with Crippen LogP contribution in [-0.4, -0.2) is 15.4 Å². The van der Waals surface area contributed by atoms with E-state index in [0.29, 0.717) is 17.0 Å². The summed E-state index contributed by atoms with van der Waals surface area (Å²) in [7, 11) is 0. The zero-order chi connectivity index (χ0) is 14.7. The number of nitrogens with one attached hydrogen (secondary N) is 1. The third-order valence-electron chi connectivity index (χ3n) is 3.14. The minimum Gasteiger partial charge on any atom is -0.247 e. The average molecular weight is 271 g/mol. The lowest BCUT2D eigenvalue weighted by Crippen LogP contribution is -1.84. The molecule has 5 nitrogen and oxygen atoms in total. The number of aromatic amines is 1. The van der Waals surface area contributed by atoms with Gasteiger partial charge in [-0.25, -0.2) is 5.10 Å². The van der Waals surface area contributed by atoms with E-state index in [2.05, 4.69) is 21.5 Å².